The van der Waals surface area contributed by atoms with Gasteiger partial charge < -0.3 is 10.1 Å². The van der Waals surface area contributed by atoms with Crippen molar-refractivity contribution in [2.24, 2.45) is 0 Å². The molecular formula is C15H24N2O2. The fraction of sp³-hybridized carbons (Fsp3) is 0.533. The molecule has 19 heavy (non-hydrogen) atoms. The lowest BCUT2D eigenvalue weighted by Crippen LogP contribution is -2.44. The topological polar surface area (TPSA) is 41.6 Å². The van der Waals surface area contributed by atoms with E-state index in [4.69, 9.17) is 4.74 Å². The second-order valence-electron chi connectivity index (χ2n) is 4.61. The third-order valence-electron chi connectivity index (χ3n) is 3.05. The van der Waals surface area contributed by atoms with Crippen LogP contribution in [0.2, 0.25) is 0 Å². The van der Waals surface area contributed by atoms with Gasteiger partial charge in [0.1, 0.15) is 12.4 Å². The van der Waals surface area contributed by atoms with Gasteiger partial charge >= 0.3 is 0 Å². The Hall–Kier alpha value is -1.55. The zero-order chi connectivity index (χ0) is 14.1. The largest absolute Gasteiger partial charge is 0.492 e. The van der Waals surface area contributed by atoms with Crippen molar-refractivity contribution >= 4 is 5.91 Å². The van der Waals surface area contributed by atoms with E-state index >= 15 is 0 Å². The van der Waals surface area contributed by atoms with Crippen LogP contribution in [0.4, 0.5) is 0 Å². The minimum absolute atomic E-state index is 0.0732. The molecule has 1 unspecified atom stereocenters. The molecule has 1 aromatic rings. The van der Waals surface area contributed by atoms with Crippen LogP contribution in [-0.4, -0.2) is 43.6 Å². The fourth-order valence-corrected chi connectivity index (χ4v) is 1.61. The highest BCUT2D eigenvalue weighted by Crippen LogP contribution is 2.08. The molecule has 0 saturated heterocycles. The zero-order valence-corrected chi connectivity index (χ0v) is 12.1. The molecule has 1 N–H and O–H groups in total. The predicted molar refractivity (Wildman–Crippen MR) is 77.3 cm³/mol. The van der Waals surface area contributed by atoms with Gasteiger partial charge in [-0.2, -0.15) is 0 Å². The van der Waals surface area contributed by atoms with Gasteiger partial charge in [0.2, 0.25) is 5.91 Å². The van der Waals surface area contributed by atoms with Crippen LogP contribution in [0.5, 0.6) is 5.75 Å². The van der Waals surface area contributed by atoms with Gasteiger partial charge in [-0.1, -0.05) is 25.1 Å². The molecule has 106 valence electrons. The smallest absolute Gasteiger partial charge is 0.237 e. The van der Waals surface area contributed by atoms with Crippen molar-refractivity contribution in [3.05, 3.63) is 30.3 Å². The van der Waals surface area contributed by atoms with E-state index in [9.17, 15) is 4.79 Å². The lowest BCUT2D eigenvalue weighted by Gasteiger charge is -2.23. The maximum absolute atomic E-state index is 11.8. The number of nitrogens with zero attached hydrogens (tertiary/aromatic N) is 1. The molecule has 0 bridgehead atoms. The van der Waals surface area contributed by atoms with Crippen LogP contribution < -0.4 is 10.1 Å². The van der Waals surface area contributed by atoms with Crippen molar-refractivity contribution in [2.75, 3.05) is 26.7 Å². The third-order valence-corrected chi connectivity index (χ3v) is 3.05. The van der Waals surface area contributed by atoms with Gasteiger partial charge in [0.15, 0.2) is 0 Å². The van der Waals surface area contributed by atoms with E-state index in [1.54, 1.807) is 0 Å². The number of amides is 1. The monoisotopic (exact) mass is 264 g/mol. The Morgan fingerprint density at radius 1 is 1.37 bits per heavy atom. The Morgan fingerprint density at radius 3 is 2.68 bits per heavy atom. The molecule has 1 atom stereocenters. The zero-order valence-electron chi connectivity index (χ0n) is 12.1. The summed E-state index contributed by atoms with van der Waals surface area (Å²) >= 11 is 0. The van der Waals surface area contributed by atoms with Crippen molar-refractivity contribution in [1.29, 1.82) is 0 Å². The molecule has 0 aliphatic rings. The molecule has 1 amide bonds. The van der Waals surface area contributed by atoms with Crippen LogP contribution in [-0.2, 0) is 4.79 Å². The molecule has 0 fully saturated rings. The molecule has 1 aromatic carbocycles. The van der Waals surface area contributed by atoms with Gasteiger partial charge in [0.25, 0.3) is 0 Å². The van der Waals surface area contributed by atoms with Crippen molar-refractivity contribution in [1.82, 2.24) is 10.2 Å². The second kappa shape index (κ2) is 8.53. The van der Waals surface area contributed by atoms with Crippen molar-refractivity contribution < 1.29 is 9.53 Å². The highest BCUT2D eigenvalue weighted by molar-refractivity contribution is 5.81. The highest BCUT2D eigenvalue weighted by atomic mass is 16.5. The summed E-state index contributed by atoms with van der Waals surface area (Å²) in [6.45, 7) is 5.98. The molecule has 0 radical (unpaired) electrons. The number of benzene rings is 1. The Balaban J connectivity index is 2.26. The lowest BCUT2D eigenvalue weighted by atomic mass is 10.2. The van der Waals surface area contributed by atoms with Gasteiger partial charge in [-0.25, -0.2) is 0 Å². The summed E-state index contributed by atoms with van der Waals surface area (Å²) in [7, 11) is 1.94. The highest BCUT2D eigenvalue weighted by Gasteiger charge is 2.16. The van der Waals surface area contributed by atoms with E-state index in [2.05, 4.69) is 5.32 Å². The summed E-state index contributed by atoms with van der Waals surface area (Å²) in [5, 5.41) is 2.90. The minimum Gasteiger partial charge on any atom is -0.492 e. The van der Waals surface area contributed by atoms with E-state index in [-0.39, 0.29) is 11.9 Å². The molecule has 1 rings (SSSR count). The standard InChI is InChI=1S/C15H24N2O2/c1-4-10-16-15(18)13(2)17(3)11-12-19-14-8-6-5-7-9-14/h5-9,13H,4,10-12H2,1-3H3,(H,16,18). The first-order valence-electron chi connectivity index (χ1n) is 6.81. The number of hydrogen-bond donors (Lipinski definition) is 1. The maximum atomic E-state index is 11.8. The quantitative estimate of drug-likeness (QED) is 0.780. The summed E-state index contributed by atoms with van der Waals surface area (Å²) in [4.78, 5) is 13.8. The number of hydrogen-bond acceptors (Lipinski definition) is 3. The normalized spacial score (nSPS) is 12.2. The Labute approximate surface area is 115 Å². The van der Waals surface area contributed by atoms with Crippen LogP contribution in [0.15, 0.2) is 30.3 Å². The lowest BCUT2D eigenvalue weighted by molar-refractivity contribution is -0.125. The first-order valence-corrected chi connectivity index (χ1v) is 6.81. The molecular weight excluding hydrogens is 240 g/mol. The fourth-order valence-electron chi connectivity index (χ4n) is 1.61. The molecule has 4 heteroatoms. The van der Waals surface area contributed by atoms with Crippen molar-refractivity contribution in [2.45, 2.75) is 26.3 Å². The maximum Gasteiger partial charge on any atom is 0.237 e. The number of nitrogens with one attached hydrogen (secondary N) is 1. The Bertz CT molecular complexity index is 368. The van der Waals surface area contributed by atoms with Gasteiger partial charge in [0, 0.05) is 13.1 Å². The molecule has 0 saturated carbocycles. The van der Waals surface area contributed by atoms with E-state index in [0.717, 1.165) is 25.3 Å². The molecule has 0 aliphatic heterocycles. The van der Waals surface area contributed by atoms with Gasteiger partial charge in [0.05, 0.1) is 6.04 Å². The van der Waals surface area contributed by atoms with Crippen LogP contribution in [0.25, 0.3) is 0 Å². The summed E-state index contributed by atoms with van der Waals surface area (Å²) in [5.41, 5.74) is 0. The van der Waals surface area contributed by atoms with Crippen LogP contribution in [0.3, 0.4) is 0 Å². The minimum atomic E-state index is -0.133. The number of carbonyl (C=O) groups is 1. The average molecular weight is 264 g/mol. The number of carbonyl (C=O) groups excluding carboxylic acids is 1. The summed E-state index contributed by atoms with van der Waals surface area (Å²) in [6.07, 6.45) is 0.958. The first-order chi connectivity index (χ1) is 9.15. The van der Waals surface area contributed by atoms with E-state index in [0.29, 0.717) is 6.61 Å². The van der Waals surface area contributed by atoms with Crippen molar-refractivity contribution in [3.8, 4) is 5.75 Å². The van der Waals surface area contributed by atoms with Crippen molar-refractivity contribution in [3.63, 3.8) is 0 Å². The molecule has 0 spiro atoms. The van der Waals surface area contributed by atoms with Crippen LogP contribution >= 0.6 is 0 Å². The summed E-state index contributed by atoms with van der Waals surface area (Å²) in [5.74, 6) is 0.933. The third kappa shape index (κ3) is 5.75. The Kier molecular flexibility index (Phi) is 6.97. The van der Waals surface area contributed by atoms with Gasteiger partial charge in [-0.15, -0.1) is 0 Å². The van der Waals surface area contributed by atoms with E-state index in [1.807, 2.05) is 56.1 Å². The molecule has 0 aromatic heterocycles. The molecule has 4 nitrogen and oxygen atoms in total. The molecule has 0 heterocycles. The Morgan fingerprint density at radius 2 is 2.05 bits per heavy atom. The van der Waals surface area contributed by atoms with E-state index < -0.39 is 0 Å². The number of ether oxygens (including phenoxy) is 1. The van der Waals surface area contributed by atoms with E-state index in [1.165, 1.54) is 0 Å². The number of likely N-dealkylation sites (N-methyl/N-ethyl adjacent to an activating group) is 1. The molecule has 0 aliphatic carbocycles. The van der Waals surface area contributed by atoms with Crippen LogP contribution in [0, 0.1) is 0 Å². The number of para-hydroxylation sites is 1. The van der Waals surface area contributed by atoms with Gasteiger partial charge in [-0.05, 0) is 32.5 Å². The second-order valence-corrected chi connectivity index (χ2v) is 4.61. The summed E-state index contributed by atoms with van der Waals surface area (Å²) < 4.78 is 5.61. The average Bonchev–Trinajstić information content (AvgIpc) is 2.44. The SMILES string of the molecule is CCCNC(=O)C(C)N(C)CCOc1ccccc1. The predicted octanol–water partition coefficient (Wildman–Crippen LogP) is 1.91. The first kappa shape index (κ1) is 15.5. The number of rotatable bonds is 8. The van der Waals surface area contributed by atoms with Crippen LogP contribution in [0.1, 0.15) is 20.3 Å². The summed E-state index contributed by atoms with van der Waals surface area (Å²) in [6, 6.07) is 9.57. The van der Waals surface area contributed by atoms with Gasteiger partial charge in [-0.3, -0.25) is 9.69 Å².